The lowest BCUT2D eigenvalue weighted by molar-refractivity contribution is -0.129. The van der Waals surface area contributed by atoms with Crippen molar-refractivity contribution in [2.45, 2.75) is 18.5 Å². The first kappa shape index (κ1) is 19.8. The lowest BCUT2D eigenvalue weighted by atomic mass is 9.86. The number of aromatic amines is 1. The van der Waals surface area contributed by atoms with E-state index in [9.17, 15) is 9.59 Å². The van der Waals surface area contributed by atoms with Crippen LogP contribution >= 0.6 is 23.6 Å². The fourth-order valence-corrected chi connectivity index (χ4v) is 3.34. The van der Waals surface area contributed by atoms with Crippen LogP contribution in [0.3, 0.4) is 0 Å². The van der Waals surface area contributed by atoms with E-state index in [-0.39, 0.29) is 17.5 Å². The minimum absolute atomic E-state index is 0.232. The molecule has 3 rings (SSSR count). The highest BCUT2D eigenvalue weighted by Crippen LogP contribution is 2.25. The standard InChI is InChI=1S/C18H18N6O2S2/c19-18(13-4-2-1-3-5-13,15(26)22-16-23-24-17(27)28-16)10-14(25)21-11-12-6-8-20-9-7-12/h1-9H,10-11,19H2,(H,21,25)(H,24,27)(H,22,23,26)/t18-/m0/s1. The number of rotatable bonds is 7. The number of nitrogens with one attached hydrogen (secondary N) is 3. The zero-order chi connectivity index (χ0) is 20.0. The van der Waals surface area contributed by atoms with E-state index in [0.29, 0.717) is 16.1 Å². The van der Waals surface area contributed by atoms with Gasteiger partial charge in [0.2, 0.25) is 11.0 Å². The Balaban J connectivity index is 1.77. The zero-order valence-electron chi connectivity index (χ0n) is 14.7. The topological polar surface area (TPSA) is 126 Å². The van der Waals surface area contributed by atoms with Gasteiger partial charge in [-0.1, -0.05) is 41.7 Å². The second kappa shape index (κ2) is 8.83. The Kier molecular flexibility index (Phi) is 6.24. The molecule has 0 aliphatic rings. The Morgan fingerprint density at radius 2 is 1.89 bits per heavy atom. The summed E-state index contributed by atoms with van der Waals surface area (Å²) in [7, 11) is 0. The largest absolute Gasteiger partial charge is 0.352 e. The van der Waals surface area contributed by atoms with Crippen molar-refractivity contribution in [2.75, 3.05) is 5.32 Å². The summed E-state index contributed by atoms with van der Waals surface area (Å²) in [6, 6.07) is 12.3. The molecule has 0 aliphatic carbocycles. The van der Waals surface area contributed by atoms with Crippen LogP contribution in [0.5, 0.6) is 0 Å². The van der Waals surface area contributed by atoms with E-state index in [0.717, 1.165) is 16.9 Å². The van der Waals surface area contributed by atoms with Gasteiger partial charge in [0.15, 0.2) is 3.95 Å². The highest BCUT2D eigenvalue weighted by Gasteiger charge is 2.38. The Morgan fingerprint density at radius 1 is 1.18 bits per heavy atom. The molecular weight excluding hydrogens is 396 g/mol. The predicted octanol–water partition coefficient (Wildman–Crippen LogP) is 2.09. The Hall–Kier alpha value is -2.95. The van der Waals surface area contributed by atoms with Gasteiger partial charge in [0.1, 0.15) is 5.54 Å². The third-order valence-corrected chi connectivity index (χ3v) is 5.04. The molecule has 3 aromatic rings. The van der Waals surface area contributed by atoms with Crippen molar-refractivity contribution in [3.8, 4) is 0 Å². The zero-order valence-corrected chi connectivity index (χ0v) is 16.3. The first-order valence-electron chi connectivity index (χ1n) is 8.34. The molecule has 1 aromatic carbocycles. The number of carbonyl (C=O) groups excluding carboxylic acids is 2. The van der Waals surface area contributed by atoms with Crippen LogP contribution in [0.4, 0.5) is 5.13 Å². The van der Waals surface area contributed by atoms with Gasteiger partial charge in [-0.25, -0.2) is 0 Å². The SMILES string of the molecule is N[C@](CC(=O)NCc1ccncc1)(C(=O)Nc1n[nH]c(=S)s1)c1ccccc1. The van der Waals surface area contributed by atoms with Gasteiger partial charge < -0.3 is 11.1 Å². The minimum Gasteiger partial charge on any atom is -0.352 e. The molecule has 5 N–H and O–H groups in total. The molecule has 0 bridgehead atoms. The summed E-state index contributed by atoms with van der Waals surface area (Å²) in [6.45, 7) is 0.314. The van der Waals surface area contributed by atoms with Crippen molar-refractivity contribution < 1.29 is 9.59 Å². The average Bonchev–Trinajstić information content (AvgIpc) is 3.12. The van der Waals surface area contributed by atoms with Crippen LogP contribution in [0.15, 0.2) is 54.9 Å². The Bertz CT molecular complexity index is 1010. The second-order valence-corrected chi connectivity index (χ2v) is 7.68. The Morgan fingerprint density at radius 3 is 2.54 bits per heavy atom. The lowest BCUT2D eigenvalue weighted by Crippen LogP contribution is -2.51. The van der Waals surface area contributed by atoms with Crippen molar-refractivity contribution in [3.05, 3.63) is 69.9 Å². The fourth-order valence-electron chi connectivity index (χ4n) is 2.56. The summed E-state index contributed by atoms with van der Waals surface area (Å²) in [4.78, 5) is 29.4. The number of amides is 2. The van der Waals surface area contributed by atoms with Crippen LogP contribution in [-0.2, 0) is 21.7 Å². The van der Waals surface area contributed by atoms with Gasteiger partial charge in [0.05, 0.1) is 6.42 Å². The van der Waals surface area contributed by atoms with Gasteiger partial charge in [0.25, 0.3) is 5.91 Å². The Labute approximate surface area is 170 Å². The minimum atomic E-state index is -1.57. The van der Waals surface area contributed by atoms with E-state index in [1.807, 2.05) is 6.07 Å². The highest BCUT2D eigenvalue weighted by atomic mass is 32.1. The molecule has 8 nitrogen and oxygen atoms in total. The maximum atomic E-state index is 12.9. The maximum absolute atomic E-state index is 12.9. The van der Waals surface area contributed by atoms with E-state index in [4.69, 9.17) is 18.0 Å². The van der Waals surface area contributed by atoms with Gasteiger partial charge in [-0.05, 0) is 35.5 Å². The van der Waals surface area contributed by atoms with Gasteiger partial charge >= 0.3 is 0 Å². The van der Waals surface area contributed by atoms with Crippen molar-refractivity contribution in [1.82, 2.24) is 20.5 Å². The molecule has 0 radical (unpaired) electrons. The number of hydrogen-bond acceptors (Lipinski definition) is 7. The van der Waals surface area contributed by atoms with Crippen molar-refractivity contribution in [3.63, 3.8) is 0 Å². The van der Waals surface area contributed by atoms with Crippen LogP contribution < -0.4 is 16.4 Å². The molecule has 2 amide bonds. The maximum Gasteiger partial charge on any atom is 0.251 e. The van der Waals surface area contributed by atoms with Crippen LogP contribution in [0.1, 0.15) is 17.5 Å². The van der Waals surface area contributed by atoms with Crippen molar-refractivity contribution in [1.29, 1.82) is 0 Å². The molecule has 0 aliphatic heterocycles. The van der Waals surface area contributed by atoms with Crippen molar-refractivity contribution >= 4 is 40.5 Å². The molecule has 0 spiro atoms. The second-order valence-electron chi connectivity index (χ2n) is 6.02. The van der Waals surface area contributed by atoms with E-state index < -0.39 is 11.4 Å². The molecule has 0 fully saturated rings. The number of anilines is 1. The van der Waals surface area contributed by atoms with Gasteiger partial charge in [0, 0.05) is 18.9 Å². The smallest absolute Gasteiger partial charge is 0.251 e. The first-order chi connectivity index (χ1) is 13.5. The molecule has 10 heteroatoms. The van der Waals surface area contributed by atoms with E-state index in [2.05, 4.69) is 25.8 Å². The van der Waals surface area contributed by atoms with Crippen molar-refractivity contribution in [2.24, 2.45) is 5.73 Å². The van der Waals surface area contributed by atoms with Gasteiger partial charge in [-0.2, -0.15) is 0 Å². The number of nitrogens with zero attached hydrogens (tertiary/aromatic N) is 2. The monoisotopic (exact) mass is 414 g/mol. The van der Waals surface area contributed by atoms with E-state index in [1.165, 1.54) is 0 Å². The number of benzene rings is 1. The number of nitrogens with two attached hydrogens (primary N) is 1. The predicted molar refractivity (Wildman–Crippen MR) is 109 cm³/mol. The number of carbonyl (C=O) groups is 2. The molecule has 0 saturated heterocycles. The molecule has 1 atom stereocenters. The molecule has 0 saturated carbocycles. The van der Waals surface area contributed by atoms with Crippen LogP contribution in [-0.4, -0.2) is 27.0 Å². The third-order valence-electron chi connectivity index (χ3n) is 4.03. The quantitative estimate of drug-likeness (QED) is 0.439. The molecule has 0 unspecified atom stereocenters. The summed E-state index contributed by atoms with van der Waals surface area (Å²) in [5, 5.41) is 12.2. The summed E-state index contributed by atoms with van der Waals surface area (Å²) in [6.07, 6.45) is 3.05. The molecule has 28 heavy (non-hydrogen) atoms. The average molecular weight is 415 g/mol. The van der Waals surface area contributed by atoms with E-state index >= 15 is 0 Å². The normalized spacial score (nSPS) is 12.8. The number of pyridine rings is 1. The molecule has 144 valence electrons. The van der Waals surface area contributed by atoms with Gasteiger partial charge in [-0.15, -0.1) is 5.10 Å². The summed E-state index contributed by atoms with van der Waals surface area (Å²) in [5.41, 5.74) is 6.29. The summed E-state index contributed by atoms with van der Waals surface area (Å²) >= 11 is 6.08. The van der Waals surface area contributed by atoms with Gasteiger partial charge in [-0.3, -0.25) is 25.0 Å². The van der Waals surface area contributed by atoms with Crippen LogP contribution in [0.25, 0.3) is 0 Å². The first-order valence-corrected chi connectivity index (χ1v) is 9.57. The lowest BCUT2D eigenvalue weighted by Gasteiger charge is -2.27. The fraction of sp³-hybridized carbons (Fsp3) is 0.167. The van der Waals surface area contributed by atoms with Crippen LogP contribution in [0.2, 0.25) is 0 Å². The summed E-state index contributed by atoms with van der Waals surface area (Å²) in [5.74, 6) is -0.900. The van der Waals surface area contributed by atoms with Crippen LogP contribution in [0, 0.1) is 3.95 Å². The molecule has 2 heterocycles. The number of H-pyrrole nitrogens is 1. The summed E-state index contributed by atoms with van der Waals surface area (Å²) < 4.78 is 0.424. The molecular formula is C18H18N6O2S2. The van der Waals surface area contributed by atoms with E-state index in [1.54, 1.807) is 48.8 Å². The number of hydrogen-bond donors (Lipinski definition) is 4. The number of aromatic nitrogens is 3. The molecule has 2 aromatic heterocycles. The highest BCUT2D eigenvalue weighted by molar-refractivity contribution is 7.73. The third kappa shape index (κ3) is 4.85.